The van der Waals surface area contributed by atoms with Crippen LogP contribution in [0.5, 0.6) is 0 Å². The largest absolute Gasteiger partial charge is 0.468 e. The van der Waals surface area contributed by atoms with Crippen LogP contribution in [-0.4, -0.2) is 4.98 Å². The standard InChI is InChI=1S/C13H16N2O/c1-2-12(13-7-5-9-16-13)15-10-11-6-3-4-8-14-11/h3-9,12,15H,2,10H2,1H3. The van der Waals surface area contributed by atoms with Crippen LogP contribution in [0.4, 0.5) is 0 Å². The summed E-state index contributed by atoms with van der Waals surface area (Å²) < 4.78 is 5.39. The minimum absolute atomic E-state index is 0.261. The van der Waals surface area contributed by atoms with Gasteiger partial charge in [0.05, 0.1) is 18.0 Å². The van der Waals surface area contributed by atoms with E-state index in [2.05, 4.69) is 17.2 Å². The highest BCUT2D eigenvalue weighted by Crippen LogP contribution is 2.16. The molecule has 0 amide bonds. The molecular weight excluding hydrogens is 200 g/mol. The quantitative estimate of drug-likeness (QED) is 0.835. The first kappa shape index (κ1) is 10.9. The molecule has 1 atom stereocenters. The molecule has 1 N–H and O–H groups in total. The predicted octanol–water partition coefficient (Wildman–Crippen LogP) is 2.92. The number of furan rings is 1. The summed E-state index contributed by atoms with van der Waals surface area (Å²) in [6.07, 6.45) is 4.52. The molecule has 0 saturated carbocycles. The van der Waals surface area contributed by atoms with Gasteiger partial charge in [-0.3, -0.25) is 4.98 Å². The van der Waals surface area contributed by atoms with Crippen molar-refractivity contribution in [3.05, 3.63) is 54.2 Å². The molecule has 2 aromatic heterocycles. The van der Waals surface area contributed by atoms with Crippen molar-refractivity contribution in [1.82, 2.24) is 10.3 Å². The van der Waals surface area contributed by atoms with E-state index < -0.39 is 0 Å². The minimum Gasteiger partial charge on any atom is -0.468 e. The second-order valence-electron chi connectivity index (χ2n) is 3.68. The van der Waals surface area contributed by atoms with Crippen molar-refractivity contribution in [2.75, 3.05) is 0 Å². The van der Waals surface area contributed by atoms with Gasteiger partial charge in [-0.05, 0) is 30.7 Å². The highest BCUT2D eigenvalue weighted by atomic mass is 16.3. The van der Waals surface area contributed by atoms with Crippen molar-refractivity contribution in [2.45, 2.75) is 25.9 Å². The van der Waals surface area contributed by atoms with Crippen LogP contribution >= 0.6 is 0 Å². The van der Waals surface area contributed by atoms with E-state index in [9.17, 15) is 0 Å². The van der Waals surface area contributed by atoms with Crippen molar-refractivity contribution in [3.63, 3.8) is 0 Å². The molecule has 0 fully saturated rings. The summed E-state index contributed by atoms with van der Waals surface area (Å²) in [5.41, 5.74) is 1.05. The normalized spacial score (nSPS) is 12.6. The van der Waals surface area contributed by atoms with Crippen molar-refractivity contribution in [2.24, 2.45) is 0 Å². The number of hydrogen-bond donors (Lipinski definition) is 1. The molecule has 16 heavy (non-hydrogen) atoms. The van der Waals surface area contributed by atoms with Crippen molar-refractivity contribution in [3.8, 4) is 0 Å². The highest BCUT2D eigenvalue weighted by Gasteiger charge is 2.10. The molecular formula is C13H16N2O. The van der Waals surface area contributed by atoms with Crippen LogP contribution in [0, 0.1) is 0 Å². The maximum Gasteiger partial charge on any atom is 0.120 e. The fourth-order valence-electron chi connectivity index (χ4n) is 1.67. The third-order valence-electron chi connectivity index (χ3n) is 2.55. The van der Waals surface area contributed by atoms with Gasteiger partial charge in [0.1, 0.15) is 5.76 Å². The van der Waals surface area contributed by atoms with Crippen LogP contribution in [0.25, 0.3) is 0 Å². The number of aromatic nitrogens is 1. The molecule has 0 bridgehead atoms. The molecule has 0 aromatic carbocycles. The Bertz CT molecular complexity index is 397. The molecule has 0 saturated heterocycles. The number of nitrogens with zero attached hydrogens (tertiary/aromatic N) is 1. The van der Waals surface area contributed by atoms with Gasteiger partial charge in [0.2, 0.25) is 0 Å². The van der Waals surface area contributed by atoms with Crippen LogP contribution in [0.15, 0.2) is 47.2 Å². The molecule has 0 spiro atoms. The summed E-state index contributed by atoms with van der Waals surface area (Å²) in [4.78, 5) is 4.27. The molecule has 2 rings (SSSR count). The summed E-state index contributed by atoms with van der Waals surface area (Å²) >= 11 is 0. The Morgan fingerprint density at radius 1 is 1.31 bits per heavy atom. The Balaban J connectivity index is 1.94. The van der Waals surface area contributed by atoms with E-state index in [0.29, 0.717) is 0 Å². The first-order valence-corrected chi connectivity index (χ1v) is 5.57. The van der Waals surface area contributed by atoms with Crippen LogP contribution in [0.2, 0.25) is 0 Å². The van der Waals surface area contributed by atoms with Crippen LogP contribution < -0.4 is 5.32 Å². The van der Waals surface area contributed by atoms with E-state index >= 15 is 0 Å². The van der Waals surface area contributed by atoms with Gasteiger partial charge in [-0.1, -0.05) is 13.0 Å². The molecule has 2 aromatic rings. The molecule has 1 unspecified atom stereocenters. The summed E-state index contributed by atoms with van der Waals surface area (Å²) in [6.45, 7) is 2.90. The van der Waals surface area contributed by atoms with E-state index in [4.69, 9.17) is 4.42 Å². The molecule has 0 aliphatic rings. The first-order valence-electron chi connectivity index (χ1n) is 5.57. The van der Waals surface area contributed by atoms with Crippen LogP contribution in [0.1, 0.15) is 30.8 Å². The van der Waals surface area contributed by atoms with E-state index in [-0.39, 0.29) is 6.04 Å². The number of hydrogen-bond acceptors (Lipinski definition) is 3. The second kappa shape index (κ2) is 5.47. The van der Waals surface area contributed by atoms with Crippen molar-refractivity contribution < 1.29 is 4.42 Å². The molecule has 0 aliphatic carbocycles. The van der Waals surface area contributed by atoms with Crippen LogP contribution in [-0.2, 0) is 6.54 Å². The first-order chi connectivity index (χ1) is 7.90. The lowest BCUT2D eigenvalue weighted by molar-refractivity contribution is 0.402. The average molecular weight is 216 g/mol. The number of rotatable bonds is 5. The Morgan fingerprint density at radius 3 is 2.88 bits per heavy atom. The van der Waals surface area contributed by atoms with Crippen molar-refractivity contribution in [1.29, 1.82) is 0 Å². The lowest BCUT2D eigenvalue weighted by Gasteiger charge is -2.13. The van der Waals surface area contributed by atoms with E-state index in [1.165, 1.54) is 0 Å². The number of nitrogens with one attached hydrogen (secondary N) is 1. The van der Waals surface area contributed by atoms with Crippen LogP contribution in [0.3, 0.4) is 0 Å². The molecule has 0 aliphatic heterocycles. The van der Waals surface area contributed by atoms with E-state index in [0.717, 1.165) is 24.4 Å². The molecule has 3 heteroatoms. The predicted molar refractivity (Wildman–Crippen MR) is 62.8 cm³/mol. The van der Waals surface area contributed by atoms with Gasteiger partial charge < -0.3 is 9.73 Å². The fraction of sp³-hybridized carbons (Fsp3) is 0.308. The lowest BCUT2D eigenvalue weighted by atomic mass is 10.1. The average Bonchev–Trinajstić information content (AvgIpc) is 2.85. The SMILES string of the molecule is CCC(NCc1ccccn1)c1ccco1. The summed E-state index contributed by atoms with van der Waals surface area (Å²) in [7, 11) is 0. The monoisotopic (exact) mass is 216 g/mol. The molecule has 3 nitrogen and oxygen atoms in total. The van der Waals surface area contributed by atoms with Gasteiger partial charge in [0, 0.05) is 12.7 Å². The Hall–Kier alpha value is -1.61. The van der Waals surface area contributed by atoms with E-state index in [1.807, 2.05) is 36.5 Å². The van der Waals surface area contributed by atoms with E-state index in [1.54, 1.807) is 6.26 Å². The zero-order valence-corrected chi connectivity index (χ0v) is 9.39. The lowest BCUT2D eigenvalue weighted by Crippen LogP contribution is -2.20. The minimum atomic E-state index is 0.261. The molecule has 0 radical (unpaired) electrons. The molecule has 2 heterocycles. The summed E-state index contributed by atoms with van der Waals surface area (Å²) in [5, 5.41) is 3.43. The maximum atomic E-state index is 5.39. The third-order valence-corrected chi connectivity index (χ3v) is 2.55. The fourth-order valence-corrected chi connectivity index (χ4v) is 1.67. The maximum absolute atomic E-state index is 5.39. The highest BCUT2D eigenvalue weighted by molar-refractivity contribution is 5.06. The Kier molecular flexibility index (Phi) is 3.72. The second-order valence-corrected chi connectivity index (χ2v) is 3.68. The van der Waals surface area contributed by atoms with Gasteiger partial charge in [0.15, 0.2) is 0 Å². The topological polar surface area (TPSA) is 38.1 Å². The van der Waals surface area contributed by atoms with Gasteiger partial charge >= 0.3 is 0 Å². The third kappa shape index (κ3) is 2.70. The number of pyridine rings is 1. The van der Waals surface area contributed by atoms with Crippen molar-refractivity contribution >= 4 is 0 Å². The molecule has 84 valence electrons. The van der Waals surface area contributed by atoms with Gasteiger partial charge in [-0.15, -0.1) is 0 Å². The smallest absolute Gasteiger partial charge is 0.120 e. The van der Waals surface area contributed by atoms with Gasteiger partial charge in [0.25, 0.3) is 0 Å². The zero-order chi connectivity index (χ0) is 11.2. The summed E-state index contributed by atoms with van der Waals surface area (Å²) in [5.74, 6) is 0.985. The van der Waals surface area contributed by atoms with Gasteiger partial charge in [-0.25, -0.2) is 0 Å². The Morgan fingerprint density at radius 2 is 2.25 bits per heavy atom. The summed E-state index contributed by atoms with van der Waals surface area (Å²) in [6, 6.07) is 10.1. The Labute approximate surface area is 95.5 Å². The van der Waals surface area contributed by atoms with Gasteiger partial charge in [-0.2, -0.15) is 0 Å². The zero-order valence-electron chi connectivity index (χ0n) is 9.39.